The summed E-state index contributed by atoms with van der Waals surface area (Å²) in [5.74, 6) is 0.896. The monoisotopic (exact) mass is 253 g/mol. The zero-order valence-electron chi connectivity index (χ0n) is 8.46. The van der Waals surface area contributed by atoms with Gasteiger partial charge >= 0.3 is 0 Å². The minimum absolute atomic E-state index is 0.232. The molecule has 1 aromatic carbocycles. The Hall–Kier alpha value is -0.340. The highest BCUT2D eigenvalue weighted by atomic mass is 79.9. The standard InChI is InChI=1S/C12H16BrN/c1-8-6-10(13)4-5-11(8)12(14)7-9-2-3-9/h4-6,9,12H,2-3,7,14H2,1H3. The number of benzene rings is 1. The molecule has 1 aromatic rings. The molecule has 1 unspecified atom stereocenters. The second-order valence-corrected chi connectivity index (χ2v) is 5.20. The molecule has 1 aliphatic rings. The first-order chi connectivity index (χ1) is 6.66. The summed E-state index contributed by atoms with van der Waals surface area (Å²) >= 11 is 3.47. The smallest absolute Gasteiger partial charge is 0.0300 e. The fraction of sp³-hybridized carbons (Fsp3) is 0.500. The van der Waals surface area contributed by atoms with Gasteiger partial charge in [0.25, 0.3) is 0 Å². The Balaban J connectivity index is 2.13. The average molecular weight is 254 g/mol. The lowest BCUT2D eigenvalue weighted by molar-refractivity contribution is 0.594. The van der Waals surface area contributed by atoms with Gasteiger partial charge in [0.15, 0.2) is 0 Å². The van der Waals surface area contributed by atoms with E-state index in [1.807, 2.05) is 0 Å². The van der Waals surface area contributed by atoms with Crippen LogP contribution >= 0.6 is 15.9 Å². The molecular formula is C12H16BrN. The van der Waals surface area contributed by atoms with E-state index in [-0.39, 0.29) is 6.04 Å². The maximum atomic E-state index is 6.17. The van der Waals surface area contributed by atoms with Crippen LogP contribution in [0.15, 0.2) is 22.7 Å². The van der Waals surface area contributed by atoms with Crippen molar-refractivity contribution in [1.29, 1.82) is 0 Å². The third-order valence-electron chi connectivity index (χ3n) is 2.92. The van der Waals surface area contributed by atoms with Crippen LogP contribution in [0.4, 0.5) is 0 Å². The predicted molar refractivity (Wildman–Crippen MR) is 63.1 cm³/mol. The highest BCUT2D eigenvalue weighted by Crippen LogP contribution is 2.37. The van der Waals surface area contributed by atoms with Gasteiger partial charge in [-0.25, -0.2) is 0 Å². The highest BCUT2D eigenvalue weighted by molar-refractivity contribution is 9.10. The summed E-state index contributed by atoms with van der Waals surface area (Å²) in [6.45, 7) is 2.13. The summed E-state index contributed by atoms with van der Waals surface area (Å²) in [6, 6.07) is 6.60. The van der Waals surface area contributed by atoms with Crippen molar-refractivity contribution < 1.29 is 0 Å². The molecule has 0 aromatic heterocycles. The Morgan fingerprint density at radius 2 is 2.21 bits per heavy atom. The SMILES string of the molecule is Cc1cc(Br)ccc1C(N)CC1CC1. The number of rotatable bonds is 3. The molecule has 1 nitrogen and oxygen atoms in total. The van der Waals surface area contributed by atoms with E-state index in [4.69, 9.17) is 5.73 Å². The van der Waals surface area contributed by atoms with Crippen molar-refractivity contribution in [3.8, 4) is 0 Å². The Labute approximate surface area is 93.8 Å². The molecule has 0 radical (unpaired) electrons. The molecule has 1 atom stereocenters. The zero-order valence-corrected chi connectivity index (χ0v) is 10.0. The van der Waals surface area contributed by atoms with Gasteiger partial charge in [-0.1, -0.05) is 34.8 Å². The molecule has 2 N–H and O–H groups in total. The van der Waals surface area contributed by atoms with E-state index in [0.717, 1.165) is 16.8 Å². The molecule has 1 fully saturated rings. The van der Waals surface area contributed by atoms with Crippen LogP contribution in [0.25, 0.3) is 0 Å². The fourth-order valence-electron chi connectivity index (χ4n) is 1.89. The number of aryl methyl sites for hydroxylation is 1. The first kappa shape index (κ1) is 10.2. The first-order valence-electron chi connectivity index (χ1n) is 5.18. The van der Waals surface area contributed by atoms with Crippen LogP contribution in [0.5, 0.6) is 0 Å². The predicted octanol–water partition coefficient (Wildman–Crippen LogP) is 3.56. The van der Waals surface area contributed by atoms with E-state index in [0.29, 0.717) is 0 Å². The Kier molecular flexibility index (Phi) is 2.93. The van der Waals surface area contributed by atoms with Gasteiger partial charge in [-0.3, -0.25) is 0 Å². The molecule has 76 valence electrons. The lowest BCUT2D eigenvalue weighted by Crippen LogP contribution is -2.12. The number of halogens is 1. The van der Waals surface area contributed by atoms with Crippen LogP contribution < -0.4 is 5.73 Å². The van der Waals surface area contributed by atoms with Crippen molar-refractivity contribution in [3.63, 3.8) is 0 Å². The van der Waals surface area contributed by atoms with Gasteiger partial charge in [-0.15, -0.1) is 0 Å². The highest BCUT2D eigenvalue weighted by Gasteiger charge is 2.24. The van der Waals surface area contributed by atoms with Gasteiger partial charge in [0.2, 0.25) is 0 Å². The third-order valence-corrected chi connectivity index (χ3v) is 3.41. The Bertz CT molecular complexity index is 331. The fourth-order valence-corrected chi connectivity index (χ4v) is 2.37. The molecule has 0 spiro atoms. The molecular weight excluding hydrogens is 238 g/mol. The van der Waals surface area contributed by atoms with E-state index < -0.39 is 0 Å². The van der Waals surface area contributed by atoms with Crippen LogP contribution in [-0.4, -0.2) is 0 Å². The minimum Gasteiger partial charge on any atom is -0.324 e. The van der Waals surface area contributed by atoms with Crippen molar-refractivity contribution in [3.05, 3.63) is 33.8 Å². The molecule has 1 aliphatic carbocycles. The third kappa shape index (κ3) is 2.37. The number of hydrogen-bond donors (Lipinski definition) is 1. The summed E-state index contributed by atoms with van der Waals surface area (Å²) in [5.41, 5.74) is 8.78. The maximum Gasteiger partial charge on any atom is 0.0300 e. The Morgan fingerprint density at radius 3 is 2.79 bits per heavy atom. The summed E-state index contributed by atoms with van der Waals surface area (Å²) in [7, 11) is 0. The summed E-state index contributed by atoms with van der Waals surface area (Å²) < 4.78 is 1.14. The van der Waals surface area contributed by atoms with Crippen molar-refractivity contribution >= 4 is 15.9 Å². The largest absolute Gasteiger partial charge is 0.324 e. The molecule has 14 heavy (non-hydrogen) atoms. The summed E-state index contributed by atoms with van der Waals surface area (Å²) in [6.07, 6.45) is 3.91. The van der Waals surface area contributed by atoms with Crippen molar-refractivity contribution in [2.45, 2.75) is 32.2 Å². The van der Waals surface area contributed by atoms with Gasteiger partial charge in [0, 0.05) is 10.5 Å². The second kappa shape index (κ2) is 4.03. The lowest BCUT2D eigenvalue weighted by Gasteiger charge is -2.14. The topological polar surface area (TPSA) is 26.0 Å². The van der Waals surface area contributed by atoms with E-state index in [9.17, 15) is 0 Å². The second-order valence-electron chi connectivity index (χ2n) is 4.29. The van der Waals surface area contributed by atoms with Crippen molar-refractivity contribution in [2.75, 3.05) is 0 Å². The maximum absolute atomic E-state index is 6.17. The lowest BCUT2D eigenvalue weighted by atomic mass is 9.98. The Morgan fingerprint density at radius 1 is 1.50 bits per heavy atom. The minimum atomic E-state index is 0.232. The van der Waals surface area contributed by atoms with E-state index in [1.54, 1.807) is 0 Å². The summed E-state index contributed by atoms with van der Waals surface area (Å²) in [5, 5.41) is 0. The van der Waals surface area contributed by atoms with Crippen LogP contribution in [-0.2, 0) is 0 Å². The van der Waals surface area contributed by atoms with Gasteiger partial charge in [0.05, 0.1) is 0 Å². The molecule has 0 aliphatic heterocycles. The van der Waals surface area contributed by atoms with E-state index >= 15 is 0 Å². The molecule has 0 saturated heterocycles. The van der Waals surface area contributed by atoms with Crippen molar-refractivity contribution in [2.24, 2.45) is 11.7 Å². The molecule has 2 heteroatoms. The number of hydrogen-bond acceptors (Lipinski definition) is 1. The van der Waals surface area contributed by atoms with Crippen LogP contribution in [0.2, 0.25) is 0 Å². The van der Waals surface area contributed by atoms with Crippen LogP contribution in [0.3, 0.4) is 0 Å². The van der Waals surface area contributed by atoms with E-state index in [1.165, 1.54) is 24.0 Å². The van der Waals surface area contributed by atoms with Crippen LogP contribution in [0, 0.1) is 12.8 Å². The van der Waals surface area contributed by atoms with Gasteiger partial charge in [0.1, 0.15) is 0 Å². The van der Waals surface area contributed by atoms with Crippen molar-refractivity contribution in [1.82, 2.24) is 0 Å². The summed E-state index contributed by atoms with van der Waals surface area (Å²) in [4.78, 5) is 0. The zero-order chi connectivity index (χ0) is 10.1. The first-order valence-corrected chi connectivity index (χ1v) is 5.98. The van der Waals surface area contributed by atoms with Gasteiger partial charge < -0.3 is 5.73 Å². The molecule has 0 heterocycles. The molecule has 0 bridgehead atoms. The van der Waals surface area contributed by atoms with E-state index in [2.05, 4.69) is 41.1 Å². The number of nitrogens with two attached hydrogens (primary N) is 1. The normalized spacial score (nSPS) is 18.2. The van der Waals surface area contributed by atoms with Crippen LogP contribution in [0.1, 0.15) is 36.4 Å². The molecule has 2 rings (SSSR count). The van der Waals surface area contributed by atoms with Gasteiger partial charge in [-0.2, -0.15) is 0 Å². The average Bonchev–Trinajstić information content (AvgIpc) is 2.87. The van der Waals surface area contributed by atoms with Gasteiger partial charge in [-0.05, 0) is 42.5 Å². The quantitative estimate of drug-likeness (QED) is 0.876. The molecule has 0 amide bonds. The molecule has 1 saturated carbocycles.